The van der Waals surface area contributed by atoms with Crippen molar-refractivity contribution in [2.24, 2.45) is 0 Å². The van der Waals surface area contributed by atoms with Gasteiger partial charge in [-0.15, -0.1) is 0 Å². The number of aromatic nitrogens is 3. The molecule has 1 unspecified atom stereocenters. The summed E-state index contributed by atoms with van der Waals surface area (Å²) in [6.07, 6.45) is -2.35. The fraction of sp³-hybridized carbons (Fsp3) is 0.379. The fourth-order valence-electron chi connectivity index (χ4n) is 6.01. The first-order valence-electron chi connectivity index (χ1n) is 13.3. The number of nitrogens with zero attached hydrogens (tertiary/aromatic N) is 5. The number of alkyl halides is 3. The minimum absolute atomic E-state index is 0.00274. The van der Waals surface area contributed by atoms with E-state index in [0.717, 1.165) is 11.6 Å². The first-order valence-corrected chi connectivity index (χ1v) is 13.3. The van der Waals surface area contributed by atoms with E-state index in [4.69, 9.17) is 4.74 Å². The standard InChI is InChI=1S/C29H29F4N5O2/c1-19-5-4-8-23(30)25(19)36-12-10-21(18-36)38-24-9-11-34-27(35-13-15-40-16-14-35)26(24)37(28(38)39)17-20-6-2-3-7-22(20)29(31,32)33/h2-9,11,21H,10,12-18H2,1H3. The van der Waals surface area contributed by atoms with Gasteiger partial charge in [-0.25, -0.2) is 14.2 Å². The highest BCUT2D eigenvalue weighted by Crippen LogP contribution is 2.36. The van der Waals surface area contributed by atoms with E-state index in [1.165, 1.54) is 22.8 Å². The van der Waals surface area contributed by atoms with Crippen molar-refractivity contribution in [2.45, 2.75) is 32.1 Å². The predicted octanol–water partition coefficient (Wildman–Crippen LogP) is 5.00. The smallest absolute Gasteiger partial charge is 0.378 e. The van der Waals surface area contributed by atoms with Crippen LogP contribution in [0, 0.1) is 12.7 Å². The van der Waals surface area contributed by atoms with Crippen LogP contribution in [0.25, 0.3) is 11.0 Å². The number of halogens is 4. The quantitative estimate of drug-likeness (QED) is 0.325. The number of aryl methyl sites for hydroxylation is 1. The molecule has 0 amide bonds. The summed E-state index contributed by atoms with van der Waals surface area (Å²) in [7, 11) is 0. The summed E-state index contributed by atoms with van der Waals surface area (Å²) in [6, 6.07) is 11.7. The lowest BCUT2D eigenvalue weighted by Crippen LogP contribution is -2.37. The second-order valence-electron chi connectivity index (χ2n) is 10.3. The van der Waals surface area contributed by atoms with Gasteiger partial charge in [-0.3, -0.25) is 9.13 Å². The summed E-state index contributed by atoms with van der Waals surface area (Å²) in [5.41, 5.74) is 1.22. The number of para-hydroxylation sites is 1. The molecule has 2 aromatic carbocycles. The molecule has 0 radical (unpaired) electrons. The molecule has 2 aromatic heterocycles. The number of anilines is 2. The molecule has 210 valence electrons. The van der Waals surface area contributed by atoms with Gasteiger partial charge in [0, 0.05) is 32.4 Å². The zero-order chi connectivity index (χ0) is 28.0. The Morgan fingerprint density at radius 2 is 1.77 bits per heavy atom. The Morgan fingerprint density at radius 1 is 1.00 bits per heavy atom. The van der Waals surface area contributed by atoms with Crippen molar-refractivity contribution in [3.63, 3.8) is 0 Å². The molecule has 2 aliphatic rings. The van der Waals surface area contributed by atoms with Gasteiger partial charge >= 0.3 is 11.9 Å². The van der Waals surface area contributed by atoms with Crippen LogP contribution >= 0.6 is 0 Å². The van der Waals surface area contributed by atoms with E-state index in [2.05, 4.69) is 4.98 Å². The van der Waals surface area contributed by atoms with Gasteiger partial charge < -0.3 is 14.5 Å². The number of benzene rings is 2. The second kappa shape index (κ2) is 10.3. The Labute approximate surface area is 228 Å². The van der Waals surface area contributed by atoms with Crippen molar-refractivity contribution in [1.82, 2.24) is 14.1 Å². The Morgan fingerprint density at radius 3 is 2.52 bits per heavy atom. The lowest BCUT2D eigenvalue weighted by Gasteiger charge is -2.28. The fourth-order valence-corrected chi connectivity index (χ4v) is 6.01. The van der Waals surface area contributed by atoms with Crippen molar-refractivity contribution in [2.75, 3.05) is 49.2 Å². The van der Waals surface area contributed by atoms with E-state index in [9.17, 15) is 22.4 Å². The zero-order valence-corrected chi connectivity index (χ0v) is 22.0. The molecule has 11 heteroatoms. The molecule has 2 aliphatic heterocycles. The average Bonchev–Trinajstić information content (AvgIpc) is 3.51. The summed E-state index contributed by atoms with van der Waals surface area (Å²) >= 11 is 0. The molecule has 40 heavy (non-hydrogen) atoms. The summed E-state index contributed by atoms with van der Waals surface area (Å²) in [5, 5.41) is 0. The number of rotatable bonds is 5. The predicted molar refractivity (Wildman–Crippen MR) is 145 cm³/mol. The Kier molecular flexibility index (Phi) is 6.77. The Hall–Kier alpha value is -3.86. The molecule has 0 saturated carbocycles. The highest BCUT2D eigenvalue weighted by Gasteiger charge is 2.35. The van der Waals surface area contributed by atoms with Gasteiger partial charge in [-0.2, -0.15) is 13.2 Å². The molecule has 2 fully saturated rings. The molecular formula is C29H29F4N5O2. The summed E-state index contributed by atoms with van der Waals surface area (Å²) in [5.74, 6) is 0.221. The number of ether oxygens (including phenoxy) is 1. The molecule has 0 bridgehead atoms. The first-order chi connectivity index (χ1) is 19.2. The minimum Gasteiger partial charge on any atom is -0.378 e. The Bertz CT molecular complexity index is 1590. The number of hydrogen-bond acceptors (Lipinski definition) is 5. The number of hydrogen-bond donors (Lipinski definition) is 0. The lowest BCUT2D eigenvalue weighted by atomic mass is 10.1. The van der Waals surface area contributed by atoms with Crippen LogP contribution in [0.5, 0.6) is 0 Å². The number of imidazole rings is 1. The van der Waals surface area contributed by atoms with E-state index >= 15 is 0 Å². The third-order valence-corrected chi connectivity index (χ3v) is 7.85. The van der Waals surface area contributed by atoms with Gasteiger partial charge in [0.2, 0.25) is 0 Å². The van der Waals surface area contributed by atoms with Crippen LogP contribution in [-0.4, -0.2) is 53.5 Å². The van der Waals surface area contributed by atoms with Crippen LogP contribution in [0.1, 0.15) is 29.2 Å². The molecule has 2 saturated heterocycles. The maximum absolute atomic E-state index is 14.8. The van der Waals surface area contributed by atoms with Crippen molar-refractivity contribution in [1.29, 1.82) is 0 Å². The summed E-state index contributed by atoms with van der Waals surface area (Å²) < 4.78 is 65.0. The third-order valence-electron chi connectivity index (χ3n) is 7.85. The average molecular weight is 556 g/mol. The molecule has 4 aromatic rings. The minimum atomic E-state index is -4.56. The molecule has 0 N–H and O–H groups in total. The molecule has 6 rings (SSSR count). The lowest BCUT2D eigenvalue weighted by molar-refractivity contribution is -0.138. The highest BCUT2D eigenvalue weighted by atomic mass is 19.4. The van der Waals surface area contributed by atoms with Gasteiger partial charge in [-0.1, -0.05) is 30.3 Å². The SMILES string of the molecule is Cc1cccc(F)c1N1CCC(n2c(=O)n(Cc3ccccc3C(F)(F)F)c3c(N4CCOCC4)nccc32)C1. The van der Waals surface area contributed by atoms with E-state index in [1.807, 2.05) is 22.8 Å². The topological polar surface area (TPSA) is 55.5 Å². The number of morpholine rings is 1. The molecule has 1 atom stereocenters. The monoisotopic (exact) mass is 555 g/mol. The summed E-state index contributed by atoms with van der Waals surface area (Å²) in [4.78, 5) is 22.7. The molecule has 7 nitrogen and oxygen atoms in total. The molecule has 4 heterocycles. The van der Waals surface area contributed by atoms with Gasteiger partial charge in [0.1, 0.15) is 11.3 Å². The first kappa shape index (κ1) is 26.4. The van der Waals surface area contributed by atoms with Gasteiger partial charge in [-0.05, 0) is 42.7 Å². The van der Waals surface area contributed by atoms with Crippen LogP contribution in [-0.2, 0) is 17.5 Å². The third kappa shape index (κ3) is 4.61. The van der Waals surface area contributed by atoms with Crippen LogP contribution < -0.4 is 15.5 Å². The van der Waals surface area contributed by atoms with Crippen LogP contribution in [0.4, 0.5) is 29.1 Å². The molecule has 0 aliphatic carbocycles. The van der Waals surface area contributed by atoms with E-state index in [-0.39, 0.29) is 24.0 Å². The maximum atomic E-state index is 14.8. The Balaban J connectivity index is 1.48. The number of pyridine rings is 1. The van der Waals surface area contributed by atoms with E-state index < -0.39 is 17.4 Å². The largest absolute Gasteiger partial charge is 0.416 e. The highest BCUT2D eigenvalue weighted by molar-refractivity contribution is 5.87. The van der Waals surface area contributed by atoms with Crippen LogP contribution in [0.2, 0.25) is 0 Å². The van der Waals surface area contributed by atoms with E-state index in [0.29, 0.717) is 68.4 Å². The van der Waals surface area contributed by atoms with Crippen molar-refractivity contribution >= 4 is 22.5 Å². The molecular weight excluding hydrogens is 526 g/mol. The summed E-state index contributed by atoms with van der Waals surface area (Å²) in [6.45, 7) is 4.60. The van der Waals surface area contributed by atoms with Gasteiger partial charge in [0.25, 0.3) is 0 Å². The zero-order valence-electron chi connectivity index (χ0n) is 22.0. The second-order valence-corrected chi connectivity index (χ2v) is 10.3. The van der Waals surface area contributed by atoms with E-state index in [1.54, 1.807) is 29.0 Å². The van der Waals surface area contributed by atoms with Gasteiger partial charge in [0.15, 0.2) is 5.82 Å². The van der Waals surface area contributed by atoms with Gasteiger partial charge in [0.05, 0.1) is 42.6 Å². The van der Waals surface area contributed by atoms with Crippen LogP contribution in [0.15, 0.2) is 59.5 Å². The maximum Gasteiger partial charge on any atom is 0.416 e. The van der Waals surface area contributed by atoms with Crippen molar-refractivity contribution in [3.05, 3.63) is 87.7 Å². The molecule has 0 spiro atoms. The van der Waals surface area contributed by atoms with Crippen LogP contribution in [0.3, 0.4) is 0 Å². The van der Waals surface area contributed by atoms with Crippen molar-refractivity contribution in [3.8, 4) is 0 Å². The number of fused-ring (bicyclic) bond motifs is 1. The normalized spacial score (nSPS) is 18.2. The van der Waals surface area contributed by atoms with Crippen molar-refractivity contribution < 1.29 is 22.3 Å².